The van der Waals surface area contributed by atoms with Crippen molar-refractivity contribution in [2.45, 2.75) is 31.8 Å². The molecule has 0 saturated heterocycles. The van der Waals surface area contributed by atoms with Crippen LogP contribution >= 0.6 is 23.2 Å². The summed E-state index contributed by atoms with van der Waals surface area (Å²) in [4.78, 5) is 36.1. The summed E-state index contributed by atoms with van der Waals surface area (Å²) in [5.41, 5.74) is 6.51. The van der Waals surface area contributed by atoms with E-state index < -0.39 is 35.6 Å². The molecular weight excluding hydrogens is 420 g/mol. The largest absolute Gasteiger partial charge is 0.368 e. The molecule has 2 atom stereocenters. The van der Waals surface area contributed by atoms with Crippen LogP contribution < -0.4 is 16.4 Å². The van der Waals surface area contributed by atoms with Gasteiger partial charge in [-0.15, -0.1) is 0 Å². The van der Waals surface area contributed by atoms with E-state index in [-0.39, 0.29) is 12.8 Å². The first kappa shape index (κ1) is 22.6. The fraction of sp³-hybridized carbons (Fsp3) is 0.250. The van der Waals surface area contributed by atoms with E-state index in [4.69, 9.17) is 28.9 Å². The Bertz CT molecular complexity index is 924. The topological polar surface area (TPSA) is 101 Å². The molecule has 3 amide bonds. The van der Waals surface area contributed by atoms with E-state index in [2.05, 4.69) is 10.6 Å². The van der Waals surface area contributed by atoms with Crippen molar-refractivity contribution in [1.82, 2.24) is 10.6 Å². The van der Waals surface area contributed by atoms with Crippen molar-refractivity contribution in [2.24, 2.45) is 5.73 Å². The average Bonchev–Trinajstić information content (AvgIpc) is 2.62. The Kier molecular flexibility index (Phi) is 7.99. The lowest BCUT2D eigenvalue weighted by molar-refractivity contribution is -0.130. The summed E-state index contributed by atoms with van der Waals surface area (Å²) in [5, 5.41) is 5.80. The zero-order chi connectivity index (χ0) is 21.6. The van der Waals surface area contributed by atoms with Crippen LogP contribution in [0.4, 0.5) is 4.39 Å². The summed E-state index contributed by atoms with van der Waals surface area (Å²) in [6.45, 7) is 1.25. The molecule has 2 rings (SSSR count). The van der Waals surface area contributed by atoms with Gasteiger partial charge in [-0.05, 0) is 35.4 Å². The predicted molar refractivity (Wildman–Crippen MR) is 109 cm³/mol. The number of hydrogen-bond acceptors (Lipinski definition) is 3. The maximum absolute atomic E-state index is 13.4. The van der Waals surface area contributed by atoms with Gasteiger partial charge >= 0.3 is 0 Å². The van der Waals surface area contributed by atoms with Crippen LogP contribution in [-0.4, -0.2) is 29.8 Å². The van der Waals surface area contributed by atoms with Gasteiger partial charge in [0.05, 0.1) is 0 Å². The lowest BCUT2D eigenvalue weighted by Gasteiger charge is -2.22. The number of hydrogen-bond donors (Lipinski definition) is 3. The molecule has 9 heteroatoms. The normalized spacial score (nSPS) is 12.7. The molecule has 4 N–H and O–H groups in total. The summed E-state index contributed by atoms with van der Waals surface area (Å²) >= 11 is 12.0. The second kappa shape index (κ2) is 10.2. The molecule has 0 aliphatic rings. The Hall–Kier alpha value is -2.64. The highest BCUT2D eigenvalue weighted by molar-refractivity contribution is 6.35. The lowest BCUT2D eigenvalue weighted by atomic mass is 10.0. The minimum Gasteiger partial charge on any atom is -0.368 e. The number of carbonyl (C=O) groups is 3. The second-order valence-electron chi connectivity index (χ2n) is 6.49. The number of nitrogens with one attached hydrogen (secondary N) is 2. The molecule has 0 spiro atoms. The molecule has 6 nitrogen and oxygen atoms in total. The van der Waals surface area contributed by atoms with Gasteiger partial charge < -0.3 is 16.4 Å². The van der Waals surface area contributed by atoms with Gasteiger partial charge in [0.15, 0.2) is 0 Å². The van der Waals surface area contributed by atoms with Crippen molar-refractivity contribution < 1.29 is 18.8 Å². The molecule has 0 aromatic heterocycles. The van der Waals surface area contributed by atoms with Crippen LogP contribution in [0.25, 0.3) is 0 Å². The Morgan fingerprint density at radius 3 is 2.34 bits per heavy atom. The Morgan fingerprint density at radius 1 is 1.03 bits per heavy atom. The Balaban J connectivity index is 2.17. The van der Waals surface area contributed by atoms with Crippen molar-refractivity contribution in [2.75, 3.05) is 0 Å². The van der Waals surface area contributed by atoms with E-state index in [1.807, 2.05) is 0 Å². The third-order valence-corrected chi connectivity index (χ3v) is 4.71. The zero-order valence-electron chi connectivity index (χ0n) is 15.5. The van der Waals surface area contributed by atoms with Crippen LogP contribution in [0.15, 0.2) is 42.5 Å². The van der Waals surface area contributed by atoms with E-state index in [0.717, 1.165) is 0 Å². The fourth-order valence-corrected chi connectivity index (χ4v) is 3.24. The van der Waals surface area contributed by atoms with E-state index in [9.17, 15) is 18.8 Å². The van der Waals surface area contributed by atoms with Crippen LogP contribution in [0.5, 0.6) is 0 Å². The van der Waals surface area contributed by atoms with Gasteiger partial charge in [0, 0.05) is 29.8 Å². The van der Waals surface area contributed by atoms with Gasteiger partial charge in [-0.1, -0.05) is 41.4 Å². The minimum atomic E-state index is -1.06. The standard InChI is InChI=1S/C20H20Cl2FN3O3/c1-11(27)25-18(8-12-3-2-4-15(23)7-12)20(29)26-17(19(24)28)9-13-5-6-14(21)10-16(13)22/h2-7,10,17-18H,8-9H2,1H3,(H2,24,28)(H,25,27)(H,26,29)/t17-,18+/m0/s1. The molecule has 0 fully saturated rings. The highest BCUT2D eigenvalue weighted by Gasteiger charge is 2.26. The highest BCUT2D eigenvalue weighted by Crippen LogP contribution is 2.22. The van der Waals surface area contributed by atoms with Gasteiger partial charge in [0.25, 0.3) is 0 Å². The first-order valence-electron chi connectivity index (χ1n) is 8.71. The van der Waals surface area contributed by atoms with E-state index in [1.54, 1.807) is 18.2 Å². The van der Waals surface area contributed by atoms with Crippen LogP contribution in [0, 0.1) is 5.82 Å². The number of carbonyl (C=O) groups excluding carboxylic acids is 3. The smallest absolute Gasteiger partial charge is 0.243 e. The summed E-state index contributed by atoms with van der Waals surface area (Å²) in [6.07, 6.45) is 0.0835. The monoisotopic (exact) mass is 439 g/mol. The van der Waals surface area contributed by atoms with Crippen molar-refractivity contribution in [3.05, 3.63) is 69.5 Å². The molecule has 0 aliphatic heterocycles. The van der Waals surface area contributed by atoms with Gasteiger partial charge in [-0.2, -0.15) is 0 Å². The molecule has 0 bridgehead atoms. The molecule has 2 aromatic rings. The molecule has 2 aromatic carbocycles. The van der Waals surface area contributed by atoms with E-state index in [1.165, 1.54) is 31.2 Å². The SMILES string of the molecule is CC(=O)N[C@H](Cc1cccc(F)c1)C(=O)N[C@@H](Cc1ccc(Cl)cc1Cl)C(N)=O. The van der Waals surface area contributed by atoms with Gasteiger partial charge in [-0.3, -0.25) is 14.4 Å². The highest BCUT2D eigenvalue weighted by atomic mass is 35.5. The maximum atomic E-state index is 13.4. The first-order chi connectivity index (χ1) is 13.7. The number of halogens is 3. The van der Waals surface area contributed by atoms with E-state index in [0.29, 0.717) is 21.2 Å². The Morgan fingerprint density at radius 2 is 1.76 bits per heavy atom. The number of amides is 3. The van der Waals surface area contributed by atoms with Gasteiger partial charge in [0.1, 0.15) is 17.9 Å². The zero-order valence-corrected chi connectivity index (χ0v) is 17.1. The molecule has 154 valence electrons. The average molecular weight is 440 g/mol. The molecule has 29 heavy (non-hydrogen) atoms. The third kappa shape index (κ3) is 7.03. The second-order valence-corrected chi connectivity index (χ2v) is 7.33. The van der Waals surface area contributed by atoms with Crippen molar-refractivity contribution in [3.8, 4) is 0 Å². The van der Waals surface area contributed by atoms with Gasteiger partial charge in [0.2, 0.25) is 17.7 Å². The molecule has 0 unspecified atom stereocenters. The summed E-state index contributed by atoms with van der Waals surface area (Å²) in [6, 6.07) is 8.34. The molecular formula is C20H20Cl2FN3O3. The predicted octanol–water partition coefficient (Wildman–Crippen LogP) is 2.39. The van der Waals surface area contributed by atoms with Crippen molar-refractivity contribution >= 4 is 40.9 Å². The number of nitrogens with two attached hydrogens (primary N) is 1. The van der Waals surface area contributed by atoms with Crippen LogP contribution in [-0.2, 0) is 27.2 Å². The first-order valence-corrected chi connectivity index (χ1v) is 9.46. The van der Waals surface area contributed by atoms with Gasteiger partial charge in [-0.25, -0.2) is 4.39 Å². The number of benzene rings is 2. The van der Waals surface area contributed by atoms with E-state index >= 15 is 0 Å². The quantitative estimate of drug-likeness (QED) is 0.588. The van der Waals surface area contributed by atoms with Crippen molar-refractivity contribution in [1.29, 1.82) is 0 Å². The summed E-state index contributed by atoms with van der Waals surface area (Å²) in [5.74, 6) is -2.30. The molecule has 0 radical (unpaired) electrons. The maximum Gasteiger partial charge on any atom is 0.243 e. The minimum absolute atomic E-state index is 0.0381. The summed E-state index contributed by atoms with van der Waals surface area (Å²) in [7, 11) is 0. The lowest BCUT2D eigenvalue weighted by Crippen LogP contribution is -2.54. The number of rotatable bonds is 8. The molecule has 0 saturated carbocycles. The van der Waals surface area contributed by atoms with Crippen LogP contribution in [0.3, 0.4) is 0 Å². The number of primary amides is 1. The van der Waals surface area contributed by atoms with Crippen LogP contribution in [0.2, 0.25) is 10.0 Å². The van der Waals surface area contributed by atoms with Crippen LogP contribution in [0.1, 0.15) is 18.1 Å². The Labute approximate surface area is 177 Å². The summed E-state index contributed by atoms with van der Waals surface area (Å²) < 4.78 is 13.4. The molecule has 0 heterocycles. The van der Waals surface area contributed by atoms with Crippen molar-refractivity contribution in [3.63, 3.8) is 0 Å². The third-order valence-electron chi connectivity index (χ3n) is 4.12. The molecule has 0 aliphatic carbocycles. The fourth-order valence-electron chi connectivity index (χ4n) is 2.76.